The lowest BCUT2D eigenvalue weighted by Gasteiger charge is -2.13. The summed E-state index contributed by atoms with van der Waals surface area (Å²) < 4.78 is 45.0. The van der Waals surface area contributed by atoms with E-state index in [9.17, 15) is 13.2 Å². The van der Waals surface area contributed by atoms with E-state index < -0.39 is 12.4 Å². The number of alkyl halides is 2. The zero-order chi connectivity index (χ0) is 15.7. The van der Waals surface area contributed by atoms with Crippen LogP contribution >= 0.6 is 0 Å². The topological polar surface area (TPSA) is 39.9 Å². The normalized spacial score (nSPS) is 11.3. The third-order valence-corrected chi connectivity index (χ3v) is 3.30. The van der Waals surface area contributed by atoms with Gasteiger partial charge in [0.2, 0.25) is 0 Å². The van der Waals surface area contributed by atoms with Crippen LogP contribution in [0.25, 0.3) is 11.2 Å². The van der Waals surface area contributed by atoms with E-state index in [-0.39, 0.29) is 17.9 Å². The average Bonchev–Trinajstić information content (AvgIpc) is 2.78. The van der Waals surface area contributed by atoms with Gasteiger partial charge < -0.3 is 9.30 Å². The van der Waals surface area contributed by atoms with E-state index in [1.807, 2.05) is 0 Å². The van der Waals surface area contributed by atoms with E-state index in [0.29, 0.717) is 17.0 Å². The largest absolute Gasteiger partial charge is 0.434 e. The molecule has 1 aromatic carbocycles. The number of nitrogens with zero attached hydrogens (tertiary/aromatic N) is 3. The fraction of sp³-hybridized carbons (Fsp3) is 0.200. The van der Waals surface area contributed by atoms with Gasteiger partial charge in [-0.1, -0.05) is 6.07 Å². The molecule has 114 valence electrons. The number of fused-ring (bicyclic) bond motifs is 1. The molecule has 0 unspecified atom stereocenters. The molecule has 22 heavy (non-hydrogen) atoms. The number of imidazole rings is 1. The van der Waals surface area contributed by atoms with Crippen molar-refractivity contribution in [2.24, 2.45) is 0 Å². The molecule has 0 aliphatic rings. The summed E-state index contributed by atoms with van der Waals surface area (Å²) in [7, 11) is 0. The van der Waals surface area contributed by atoms with Crippen LogP contribution in [0.3, 0.4) is 0 Å². The highest BCUT2D eigenvalue weighted by molar-refractivity contribution is 5.71. The van der Waals surface area contributed by atoms with Crippen LogP contribution in [-0.4, -0.2) is 21.1 Å². The molecule has 0 saturated carbocycles. The van der Waals surface area contributed by atoms with Gasteiger partial charge in [0.05, 0.1) is 6.54 Å². The summed E-state index contributed by atoms with van der Waals surface area (Å²) in [5.74, 6) is -0.192. The molecule has 0 aliphatic carbocycles. The minimum atomic E-state index is -3.01. The molecular formula is C15H12F3N3O. The van der Waals surface area contributed by atoms with E-state index in [0.717, 1.165) is 0 Å². The van der Waals surface area contributed by atoms with E-state index in [1.54, 1.807) is 29.8 Å². The summed E-state index contributed by atoms with van der Waals surface area (Å²) in [4.78, 5) is 8.53. The van der Waals surface area contributed by atoms with Gasteiger partial charge in [0.15, 0.2) is 5.65 Å². The Balaban J connectivity index is 2.07. The first-order valence-corrected chi connectivity index (χ1v) is 6.56. The summed E-state index contributed by atoms with van der Waals surface area (Å²) in [5, 5.41) is 0. The number of halogens is 3. The highest BCUT2D eigenvalue weighted by Crippen LogP contribution is 2.26. The number of hydrogen-bond donors (Lipinski definition) is 0. The Morgan fingerprint density at radius 2 is 2.05 bits per heavy atom. The minimum absolute atomic E-state index is 0.00801. The third kappa shape index (κ3) is 2.61. The summed E-state index contributed by atoms with van der Waals surface area (Å²) in [6.07, 6.45) is 1.60. The predicted molar refractivity (Wildman–Crippen MR) is 74.4 cm³/mol. The van der Waals surface area contributed by atoms with Crippen LogP contribution in [-0.2, 0) is 6.54 Å². The van der Waals surface area contributed by atoms with Gasteiger partial charge in [-0.2, -0.15) is 8.78 Å². The van der Waals surface area contributed by atoms with Gasteiger partial charge in [-0.05, 0) is 31.2 Å². The van der Waals surface area contributed by atoms with Gasteiger partial charge >= 0.3 is 6.61 Å². The molecule has 0 atom stereocenters. The van der Waals surface area contributed by atoms with Crippen LogP contribution in [0.4, 0.5) is 13.2 Å². The van der Waals surface area contributed by atoms with Crippen molar-refractivity contribution >= 4 is 11.2 Å². The third-order valence-electron chi connectivity index (χ3n) is 3.30. The maximum Gasteiger partial charge on any atom is 0.387 e. The summed E-state index contributed by atoms with van der Waals surface area (Å²) in [6, 6.07) is 7.37. The molecule has 2 heterocycles. The van der Waals surface area contributed by atoms with Gasteiger partial charge in [-0.3, -0.25) is 0 Å². The van der Waals surface area contributed by atoms with E-state index in [4.69, 9.17) is 0 Å². The van der Waals surface area contributed by atoms with Gasteiger partial charge in [0, 0.05) is 11.8 Å². The van der Waals surface area contributed by atoms with Crippen LogP contribution < -0.4 is 4.74 Å². The maximum absolute atomic E-state index is 14.0. The molecule has 0 amide bonds. The second-order valence-corrected chi connectivity index (χ2v) is 4.69. The van der Waals surface area contributed by atoms with Crippen molar-refractivity contribution in [2.45, 2.75) is 20.1 Å². The van der Waals surface area contributed by atoms with Crippen LogP contribution in [0, 0.1) is 12.7 Å². The second-order valence-electron chi connectivity index (χ2n) is 4.69. The molecule has 0 bridgehead atoms. The highest BCUT2D eigenvalue weighted by atomic mass is 19.3. The summed E-state index contributed by atoms with van der Waals surface area (Å²) in [5.41, 5.74) is 1.26. The van der Waals surface area contributed by atoms with Gasteiger partial charge in [-0.25, -0.2) is 14.4 Å². The average molecular weight is 307 g/mol. The Kier molecular flexibility index (Phi) is 3.70. The molecule has 4 nitrogen and oxygen atoms in total. The fourth-order valence-electron chi connectivity index (χ4n) is 2.32. The fourth-order valence-corrected chi connectivity index (χ4v) is 2.32. The van der Waals surface area contributed by atoms with Crippen molar-refractivity contribution in [3.63, 3.8) is 0 Å². The standard InChI is InChI=1S/C15H12F3N3O/c1-9-20-12-5-3-7-19-14(12)21(9)8-10-11(16)4-2-6-13(10)22-15(17)18/h2-7,15H,8H2,1H3. The van der Waals surface area contributed by atoms with Crippen LogP contribution in [0.15, 0.2) is 36.5 Å². The zero-order valence-corrected chi connectivity index (χ0v) is 11.6. The molecule has 0 fully saturated rings. The molecule has 3 rings (SSSR count). The monoisotopic (exact) mass is 307 g/mol. The van der Waals surface area contributed by atoms with Crippen molar-refractivity contribution in [1.29, 1.82) is 0 Å². The van der Waals surface area contributed by atoms with Crippen molar-refractivity contribution < 1.29 is 17.9 Å². The molecular weight excluding hydrogens is 295 g/mol. The maximum atomic E-state index is 14.0. The number of ether oxygens (including phenoxy) is 1. The lowest BCUT2D eigenvalue weighted by atomic mass is 10.2. The molecule has 2 aromatic heterocycles. The Hall–Kier alpha value is -2.57. The summed E-state index contributed by atoms with van der Waals surface area (Å²) in [6.45, 7) is -1.26. The van der Waals surface area contributed by atoms with Gasteiger partial charge in [0.1, 0.15) is 22.9 Å². The Morgan fingerprint density at radius 1 is 1.23 bits per heavy atom. The minimum Gasteiger partial charge on any atom is -0.434 e. The van der Waals surface area contributed by atoms with E-state index >= 15 is 0 Å². The molecule has 0 spiro atoms. The number of aryl methyl sites for hydroxylation is 1. The van der Waals surface area contributed by atoms with E-state index in [2.05, 4.69) is 14.7 Å². The van der Waals surface area contributed by atoms with Crippen molar-refractivity contribution in [2.75, 3.05) is 0 Å². The first-order chi connectivity index (χ1) is 10.6. The number of pyridine rings is 1. The van der Waals surface area contributed by atoms with Crippen LogP contribution in [0.5, 0.6) is 5.75 Å². The second kappa shape index (κ2) is 5.67. The Bertz CT molecular complexity index is 817. The number of hydrogen-bond acceptors (Lipinski definition) is 3. The van der Waals surface area contributed by atoms with Crippen molar-refractivity contribution in [3.8, 4) is 5.75 Å². The number of aromatic nitrogens is 3. The van der Waals surface area contributed by atoms with Gasteiger partial charge in [-0.15, -0.1) is 0 Å². The SMILES string of the molecule is Cc1nc2cccnc2n1Cc1c(F)cccc1OC(F)F. The molecule has 0 radical (unpaired) electrons. The Morgan fingerprint density at radius 3 is 2.82 bits per heavy atom. The quantitative estimate of drug-likeness (QED) is 0.740. The molecule has 3 aromatic rings. The highest BCUT2D eigenvalue weighted by Gasteiger charge is 2.17. The molecule has 0 saturated heterocycles. The smallest absolute Gasteiger partial charge is 0.387 e. The first-order valence-electron chi connectivity index (χ1n) is 6.56. The first kappa shape index (κ1) is 14.4. The lowest BCUT2D eigenvalue weighted by molar-refractivity contribution is -0.0506. The number of rotatable bonds is 4. The zero-order valence-electron chi connectivity index (χ0n) is 11.6. The van der Waals surface area contributed by atoms with Crippen molar-refractivity contribution in [1.82, 2.24) is 14.5 Å². The summed E-state index contributed by atoms with van der Waals surface area (Å²) >= 11 is 0. The van der Waals surface area contributed by atoms with Crippen LogP contribution in [0.2, 0.25) is 0 Å². The molecule has 7 heteroatoms. The predicted octanol–water partition coefficient (Wildman–Crippen LogP) is 3.53. The molecule has 0 N–H and O–H groups in total. The Labute approximate surface area is 124 Å². The van der Waals surface area contributed by atoms with Crippen molar-refractivity contribution in [3.05, 3.63) is 53.7 Å². The van der Waals surface area contributed by atoms with Crippen LogP contribution in [0.1, 0.15) is 11.4 Å². The van der Waals surface area contributed by atoms with Gasteiger partial charge in [0.25, 0.3) is 0 Å². The lowest BCUT2D eigenvalue weighted by Crippen LogP contribution is -2.10. The van der Waals surface area contributed by atoms with E-state index in [1.165, 1.54) is 18.2 Å². The number of benzene rings is 1. The molecule has 0 aliphatic heterocycles.